The summed E-state index contributed by atoms with van der Waals surface area (Å²) in [6.45, 7) is 0.918. The minimum Gasteiger partial charge on any atom is -0.382 e. The Labute approximate surface area is 267 Å². The highest BCUT2D eigenvalue weighted by Gasteiger charge is 2.42. The summed E-state index contributed by atoms with van der Waals surface area (Å²) in [5, 5.41) is 8.16. The lowest BCUT2D eigenvalue weighted by molar-refractivity contribution is -0.122. The van der Waals surface area contributed by atoms with Gasteiger partial charge in [0.05, 0.1) is 18.0 Å². The molecule has 3 unspecified atom stereocenters. The van der Waals surface area contributed by atoms with Gasteiger partial charge >= 0.3 is 10.4 Å². The van der Waals surface area contributed by atoms with Crippen molar-refractivity contribution in [3.05, 3.63) is 47.1 Å². The monoisotopic (exact) mass is 731 g/mol. The van der Waals surface area contributed by atoms with Crippen molar-refractivity contribution in [3.63, 3.8) is 0 Å². The Bertz CT molecular complexity index is 1850. The molecule has 3 atom stereocenters. The number of nitrogens with two attached hydrogens (primary N) is 1. The average Bonchev–Trinajstić information content (AvgIpc) is 2.92. The minimum atomic E-state index is -4.89. The zero-order chi connectivity index (χ0) is 33.9. The smallest absolute Gasteiger partial charge is 0.382 e. The predicted octanol–water partition coefficient (Wildman–Crippen LogP) is 1.27. The highest BCUT2D eigenvalue weighted by Crippen LogP contribution is 2.33. The number of carbonyl (C=O) groups is 2. The SMILES string of the molecule is CC(N)CNc1ccc(NC2=C(Cl)C(=O)C(Nc3ccc(NCCOS(=O)(=O)O)c(S(=O)(=O)O)c3)C(Cl)C2=O)cc1S(=O)(=O)O. The van der Waals surface area contributed by atoms with Crippen LogP contribution in [0.25, 0.3) is 0 Å². The van der Waals surface area contributed by atoms with Crippen molar-refractivity contribution >= 4 is 88.2 Å². The maximum atomic E-state index is 13.2. The number of carbonyl (C=O) groups excluding carboxylic acids is 2. The average molecular weight is 733 g/mol. The van der Waals surface area contributed by atoms with E-state index in [9.17, 15) is 43.9 Å². The maximum absolute atomic E-state index is 13.2. The molecule has 0 aromatic heterocycles. The lowest BCUT2D eigenvalue weighted by Gasteiger charge is -2.29. The van der Waals surface area contributed by atoms with E-state index in [0.717, 1.165) is 18.2 Å². The number of rotatable bonds is 14. The van der Waals surface area contributed by atoms with Gasteiger partial charge in [-0.05, 0) is 43.3 Å². The molecule has 0 heterocycles. The van der Waals surface area contributed by atoms with Crippen LogP contribution < -0.4 is 27.0 Å². The molecule has 0 saturated heterocycles. The van der Waals surface area contributed by atoms with Gasteiger partial charge in [-0.2, -0.15) is 25.3 Å². The summed E-state index contributed by atoms with van der Waals surface area (Å²) in [5.41, 5.74) is 4.84. The largest absolute Gasteiger partial charge is 0.397 e. The first-order chi connectivity index (χ1) is 20.7. The first-order valence-corrected chi connectivity index (χ1v) is 17.5. The molecule has 1 aliphatic carbocycles. The summed E-state index contributed by atoms with van der Waals surface area (Å²) in [5.74, 6) is -1.82. The van der Waals surface area contributed by atoms with Gasteiger partial charge in [-0.1, -0.05) is 11.6 Å². The van der Waals surface area contributed by atoms with Crippen LogP contribution in [0.15, 0.2) is 56.9 Å². The number of ketones is 2. The van der Waals surface area contributed by atoms with E-state index in [-0.39, 0.29) is 41.9 Å². The molecule has 1 aliphatic rings. The van der Waals surface area contributed by atoms with Crippen molar-refractivity contribution in [1.82, 2.24) is 0 Å². The molecule has 0 bridgehead atoms. The van der Waals surface area contributed by atoms with Crippen molar-refractivity contribution in [1.29, 1.82) is 0 Å². The van der Waals surface area contributed by atoms with E-state index in [0.29, 0.717) is 0 Å². The fourth-order valence-electron chi connectivity index (χ4n) is 3.90. The Kier molecular flexibility index (Phi) is 11.5. The number of alkyl halides is 1. The normalized spacial score (nSPS) is 18.5. The van der Waals surface area contributed by atoms with Gasteiger partial charge in [0.2, 0.25) is 11.6 Å². The van der Waals surface area contributed by atoms with Crippen LogP contribution >= 0.6 is 23.2 Å². The van der Waals surface area contributed by atoms with Crippen LogP contribution in [-0.2, 0) is 44.4 Å². The summed E-state index contributed by atoms with van der Waals surface area (Å²) in [7, 11) is -14.4. The first kappa shape index (κ1) is 36.4. The molecule has 45 heavy (non-hydrogen) atoms. The van der Waals surface area contributed by atoms with E-state index >= 15 is 0 Å². The van der Waals surface area contributed by atoms with Crippen LogP contribution in [0.5, 0.6) is 0 Å². The van der Waals surface area contributed by atoms with Crippen LogP contribution in [0, 0.1) is 0 Å². The Morgan fingerprint density at radius 1 is 0.889 bits per heavy atom. The number of hydrogen-bond acceptors (Lipinski definition) is 14. The summed E-state index contributed by atoms with van der Waals surface area (Å²) >= 11 is 12.5. The molecule has 248 valence electrons. The van der Waals surface area contributed by atoms with Crippen molar-refractivity contribution < 1.29 is 52.7 Å². The molecule has 17 nitrogen and oxygen atoms in total. The maximum Gasteiger partial charge on any atom is 0.397 e. The van der Waals surface area contributed by atoms with Crippen LogP contribution in [0.2, 0.25) is 0 Å². The fraction of sp³-hybridized carbons (Fsp3) is 0.304. The second-order valence-electron chi connectivity index (χ2n) is 9.47. The Hall–Kier alpha value is -3.05. The van der Waals surface area contributed by atoms with E-state index in [4.69, 9.17) is 33.5 Å². The summed E-state index contributed by atoms with van der Waals surface area (Å²) < 4.78 is 101. The number of benzene rings is 2. The summed E-state index contributed by atoms with van der Waals surface area (Å²) in [6, 6.07) is 4.99. The van der Waals surface area contributed by atoms with Gasteiger partial charge in [-0.15, -0.1) is 11.6 Å². The molecule has 9 N–H and O–H groups in total. The third-order valence-corrected chi connectivity index (χ3v) is 8.96. The van der Waals surface area contributed by atoms with Gasteiger partial charge in [0, 0.05) is 30.5 Å². The highest BCUT2D eigenvalue weighted by atomic mass is 35.5. The number of hydrogen-bond donors (Lipinski definition) is 8. The number of Topliss-reactive ketones (excluding diaryl/α,β-unsaturated/α-hetero) is 2. The molecular formula is C23H27Cl2N5O12S3. The lowest BCUT2D eigenvalue weighted by atomic mass is 9.95. The van der Waals surface area contributed by atoms with Crippen LogP contribution in [-0.4, -0.2) is 87.6 Å². The van der Waals surface area contributed by atoms with Crippen LogP contribution in [0.4, 0.5) is 22.7 Å². The standard InChI is InChI=1S/C23H27Cl2N5O12S3/c1-11(26)10-28-15-5-3-13(9-17(15)44(36,37)38)30-21-19(25)22(31)20(18(24)23(21)32)29-12-2-4-14(16(8-12)43(33,34)35)27-6-7-42-45(39,40)41/h2-5,8-9,11,18,20,27-30H,6-7,10,26H2,1H3,(H,33,34,35)(H,36,37,38)(H,39,40,41). The van der Waals surface area contributed by atoms with Crippen LogP contribution in [0.1, 0.15) is 6.92 Å². The quantitative estimate of drug-likeness (QED) is 0.0771. The molecule has 0 spiro atoms. The van der Waals surface area contributed by atoms with Gasteiger partial charge in [-0.25, -0.2) is 4.18 Å². The molecule has 0 radical (unpaired) electrons. The number of anilines is 4. The second-order valence-corrected chi connectivity index (χ2v) is 14.2. The van der Waals surface area contributed by atoms with Crippen LogP contribution in [0.3, 0.4) is 0 Å². The van der Waals surface area contributed by atoms with E-state index in [1.807, 2.05) is 0 Å². The highest BCUT2D eigenvalue weighted by molar-refractivity contribution is 7.86. The van der Waals surface area contributed by atoms with Crippen molar-refractivity contribution in [3.8, 4) is 0 Å². The van der Waals surface area contributed by atoms with E-state index < -0.39 is 80.7 Å². The molecule has 0 saturated carbocycles. The van der Waals surface area contributed by atoms with Crippen molar-refractivity contribution in [2.75, 3.05) is 41.0 Å². The number of halogens is 2. The molecule has 2 aromatic rings. The lowest BCUT2D eigenvalue weighted by Crippen LogP contribution is -2.48. The molecule has 0 aliphatic heterocycles. The zero-order valence-electron chi connectivity index (χ0n) is 22.9. The second kappa shape index (κ2) is 14.2. The van der Waals surface area contributed by atoms with E-state index in [1.54, 1.807) is 6.92 Å². The predicted molar refractivity (Wildman–Crippen MR) is 164 cm³/mol. The van der Waals surface area contributed by atoms with Gasteiger partial charge in [0.25, 0.3) is 20.2 Å². The Balaban J connectivity index is 1.87. The molecule has 22 heteroatoms. The van der Waals surface area contributed by atoms with E-state index in [2.05, 4.69) is 25.5 Å². The summed E-state index contributed by atoms with van der Waals surface area (Å²) in [4.78, 5) is 25.1. The van der Waals surface area contributed by atoms with Gasteiger partial charge < -0.3 is 27.0 Å². The first-order valence-electron chi connectivity index (χ1n) is 12.4. The molecule has 3 rings (SSSR count). The van der Waals surface area contributed by atoms with Crippen molar-refractivity contribution in [2.45, 2.75) is 34.2 Å². The third-order valence-electron chi connectivity index (χ3n) is 5.88. The topological polar surface area (TPSA) is 281 Å². The van der Waals surface area contributed by atoms with Gasteiger partial charge in [-0.3, -0.25) is 23.2 Å². The third kappa shape index (κ3) is 9.72. The number of allylic oxidation sites excluding steroid dienone is 1. The minimum absolute atomic E-state index is 0.0166. The molecule has 0 fully saturated rings. The van der Waals surface area contributed by atoms with Gasteiger partial charge in [0.1, 0.15) is 31.9 Å². The molecule has 2 aromatic carbocycles. The molecule has 0 amide bonds. The zero-order valence-corrected chi connectivity index (χ0v) is 26.9. The fourth-order valence-corrected chi connectivity index (χ4v) is 6.13. The Morgan fingerprint density at radius 2 is 1.42 bits per heavy atom. The van der Waals surface area contributed by atoms with E-state index in [1.165, 1.54) is 18.2 Å². The Morgan fingerprint density at radius 3 is 1.96 bits per heavy atom. The molecular weight excluding hydrogens is 705 g/mol. The number of nitrogens with one attached hydrogen (secondary N) is 4. The summed E-state index contributed by atoms with van der Waals surface area (Å²) in [6.07, 6.45) is 0. The van der Waals surface area contributed by atoms with Gasteiger partial charge in [0.15, 0.2) is 0 Å². The van der Waals surface area contributed by atoms with Crippen molar-refractivity contribution in [2.24, 2.45) is 5.73 Å².